The van der Waals surface area contributed by atoms with Crippen molar-refractivity contribution in [3.05, 3.63) is 87.8 Å². The summed E-state index contributed by atoms with van der Waals surface area (Å²) in [5.41, 5.74) is 0.995. The van der Waals surface area contributed by atoms with Crippen molar-refractivity contribution in [3.8, 4) is 0 Å². The Labute approximate surface area is 178 Å². The number of hydrogen-bond donors (Lipinski definition) is 2. The van der Waals surface area contributed by atoms with Gasteiger partial charge in [0.25, 0.3) is 5.91 Å². The van der Waals surface area contributed by atoms with Crippen LogP contribution in [0.5, 0.6) is 0 Å². The molecule has 29 heavy (non-hydrogen) atoms. The van der Waals surface area contributed by atoms with Crippen LogP contribution in [0.15, 0.2) is 70.2 Å². The van der Waals surface area contributed by atoms with Gasteiger partial charge in [0.2, 0.25) is 10.0 Å². The van der Waals surface area contributed by atoms with Crippen molar-refractivity contribution < 1.29 is 17.6 Å². The molecule has 2 N–H and O–H groups in total. The fraction of sp³-hybridized carbons (Fsp3) is 0.150. The lowest BCUT2D eigenvalue weighted by Crippen LogP contribution is -2.27. The van der Waals surface area contributed by atoms with Crippen LogP contribution in [0.2, 0.25) is 10.0 Å². The predicted molar refractivity (Wildman–Crippen MR) is 112 cm³/mol. The number of amides is 1. The lowest BCUT2D eigenvalue weighted by molar-refractivity contribution is 0.0939. The van der Waals surface area contributed by atoms with Crippen molar-refractivity contribution >= 4 is 39.1 Å². The Morgan fingerprint density at radius 1 is 1.07 bits per heavy atom. The Bertz CT molecular complexity index is 1120. The zero-order valence-electron chi connectivity index (χ0n) is 15.4. The second-order valence-corrected chi connectivity index (χ2v) is 8.88. The van der Waals surface area contributed by atoms with Crippen LogP contribution in [0, 0.1) is 0 Å². The number of benzene rings is 2. The van der Waals surface area contributed by atoms with Crippen molar-refractivity contribution in [1.29, 1.82) is 0 Å². The second kappa shape index (κ2) is 9.00. The van der Waals surface area contributed by atoms with Gasteiger partial charge >= 0.3 is 0 Å². The first-order chi connectivity index (χ1) is 13.8. The minimum atomic E-state index is -3.81. The lowest BCUT2D eigenvalue weighted by atomic mass is 10.1. The number of carbonyl (C=O) groups is 1. The molecule has 0 saturated heterocycles. The van der Waals surface area contributed by atoms with Crippen LogP contribution >= 0.6 is 23.2 Å². The number of rotatable bonds is 7. The molecule has 1 heterocycles. The van der Waals surface area contributed by atoms with E-state index in [9.17, 15) is 13.2 Å². The van der Waals surface area contributed by atoms with Crippen LogP contribution in [0.25, 0.3) is 0 Å². The molecule has 0 bridgehead atoms. The molecule has 0 aliphatic carbocycles. The number of hydrogen-bond acceptors (Lipinski definition) is 4. The third-order valence-electron chi connectivity index (χ3n) is 4.21. The van der Waals surface area contributed by atoms with Gasteiger partial charge in [-0.2, -0.15) is 0 Å². The van der Waals surface area contributed by atoms with Crippen molar-refractivity contribution in [2.75, 3.05) is 0 Å². The number of sulfonamides is 1. The standard InChI is InChI=1S/C20H18Cl2N2O4S/c1-13(14-7-8-18(21)19(22)11-14)24-20(25)15-4-2-6-17(10-15)29(26,27)23-12-16-5-3-9-28-16/h2-11,13,23H,12H2,1H3,(H,24,25). The third kappa shape index (κ3) is 5.39. The molecule has 3 rings (SSSR count). The van der Waals surface area contributed by atoms with Gasteiger partial charge in [0.05, 0.1) is 33.8 Å². The van der Waals surface area contributed by atoms with Gasteiger partial charge in [0.15, 0.2) is 0 Å². The van der Waals surface area contributed by atoms with E-state index in [-0.39, 0.29) is 23.0 Å². The Kier molecular flexibility index (Phi) is 6.64. The summed E-state index contributed by atoms with van der Waals surface area (Å²) in [6.45, 7) is 1.81. The highest BCUT2D eigenvalue weighted by Crippen LogP contribution is 2.25. The minimum Gasteiger partial charge on any atom is -0.468 e. The molecule has 1 atom stereocenters. The Hall–Kier alpha value is -2.32. The van der Waals surface area contributed by atoms with E-state index >= 15 is 0 Å². The van der Waals surface area contributed by atoms with Crippen LogP contribution in [0.4, 0.5) is 0 Å². The SMILES string of the molecule is CC(NC(=O)c1cccc(S(=O)(=O)NCc2ccco2)c1)c1ccc(Cl)c(Cl)c1. The second-order valence-electron chi connectivity index (χ2n) is 6.30. The van der Waals surface area contributed by atoms with E-state index in [1.165, 1.54) is 24.5 Å². The molecule has 0 aliphatic heterocycles. The zero-order valence-corrected chi connectivity index (χ0v) is 17.7. The van der Waals surface area contributed by atoms with Gasteiger partial charge in [0.1, 0.15) is 5.76 Å². The normalized spacial score (nSPS) is 12.5. The average Bonchev–Trinajstić information content (AvgIpc) is 3.22. The smallest absolute Gasteiger partial charge is 0.251 e. The van der Waals surface area contributed by atoms with E-state index in [4.69, 9.17) is 27.6 Å². The Balaban J connectivity index is 1.72. The average molecular weight is 453 g/mol. The van der Waals surface area contributed by atoms with Gasteiger partial charge in [-0.1, -0.05) is 35.3 Å². The molecule has 0 spiro atoms. The van der Waals surface area contributed by atoms with E-state index in [2.05, 4.69) is 10.0 Å². The summed E-state index contributed by atoms with van der Waals surface area (Å²) in [6, 6.07) is 13.9. The van der Waals surface area contributed by atoms with Gasteiger partial charge in [-0.05, 0) is 55.0 Å². The molecule has 3 aromatic rings. The predicted octanol–water partition coefficient (Wildman–Crippen LogP) is 4.56. The van der Waals surface area contributed by atoms with Gasteiger partial charge in [-0.15, -0.1) is 0 Å². The molecule has 0 fully saturated rings. The maximum atomic E-state index is 12.6. The molecule has 2 aromatic carbocycles. The number of furan rings is 1. The van der Waals surface area contributed by atoms with Gasteiger partial charge in [0, 0.05) is 5.56 Å². The maximum absolute atomic E-state index is 12.6. The first-order valence-corrected chi connectivity index (χ1v) is 10.9. The van der Waals surface area contributed by atoms with Crippen LogP contribution in [0.1, 0.15) is 34.6 Å². The molecular weight excluding hydrogens is 435 g/mol. The number of nitrogens with one attached hydrogen (secondary N) is 2. The zero-order chi connectivity index (χ0) is 21.0. The number of carbonyl (C=O) groups excluding carboxylic acids is 1. The van der Waals surface area contributed by atoms with E-state index in [0.29, 0.717) is 15.8 Å². The van der Waals surface area contributed by atoms with E-state index in [0.717, 1.165) is 5.56 Å². The quantitative estimate of drug-likeness (QED) is 0.549. The fourth-order valence-corrected chi connectivity index (χ4v) is 3.96. The molecule has 1 unspecified atom stereocenters. The highest BCUT2D eigenvalue weighted by atomic mass is 35.5. The highest BCUT2D eigenvalue weighted by Gasteiger charge is 2.18. The van der Waals surface area contributed by atoms with E-state index in [1.54, 1.807) is 43.3 Å². The lowest BCUT2D eigenvalue weighted by Gasteiger charge is -2.15. The third-order valence-corrected chi connectivity index (χ3v) is 6.35. The Morgan fingerprint density at radius 2 is 1.86 bits per heavy atom. The molecule has 6 nitrogen and oxygen atoms in total. The highest BCUT2D eigenvalue weighted by molar-refractivity contribution is 7.89. The summed E-state index contributed by atoms with van der Waals surface area (Å²) in [4.78, 5) is 12.6. The van der Waals surface area contributed by atoms with Gasteiger partial charge in [-0.25, -0.2) is 13.1 Å². The van der Waals surface area contributed by atoms with Crippen LogP contribution in [-0.4, -0.2) is 14.3 Å². The number of halogens is 2. The first-order valence-electron chi connectivity index (χ1n) is 8.64. The van der Waals surface area contributed by atoms with E-state index < -0.39 is 15.9 Å². The summed E-state index contributed by atoms with van der Waals surface area (Å²) < 4.78 is 32.6. The molecule has 9 heteroatoms. The van der Waals surface area contributed by atoms with Gasteiger partial charge < -0.3 is 9.73 Å². The molecule has 0 radical (unpaired) electrons. The first kappa shape index (κ1) is 21.4. The van der Waals surface area contributed by atoms with Crippen molar-refractivity contribution in [2.24, 2.45) is 0 Å². The van der Waals surface area contributed by atoms with Crippen molar-refractivity contribution in [3.63, 3.8) is 0 Å². The minimum absolute atomic E-state index is 0.0140. The largest absolute Gasteiger partial charge is 0.468 e. The molecular formula is C20H18Cl2N2O4S. The van der Waals surface area contributed by atoms with E-state index in [1.807, 2.05) is 0 Å². The van der Waals surface area contributed by atoms with Gasteiger partial charge in [-0.3, -0.25) is 4.79 Å². The Morgan fingerprint density at radius 3 is 2.55 bits per heavy atom. The fourth-order valence-electron chi connectivity index (χ4n) is 2.61. The molecule has 0 aliphatic rings. The van der Waals surface area contributed by atoms with Crippen molar-refractivity contribution in [2.45, 2.75) is 24.4 Å². The van der Waals surface area contributed by atoms with Crippen LogP contribution < -0.4 is 10.0 Å². The van der Waals surface area contributed by atoms with Crippen LogP contribution in [-0.2, 0) is 16.6 Å². The summed E-state index contributed by atoms with van der Waals surface area (Å²) in [5, 5.41) is 3.64. The summed E-state index contributed by atoms with van der Waals surface area (Å²) in [6.07, 6.45) is 1.46. The summed E-state index contributed by atoms with van der Waals surface area (Å²) in [5.74, 6) is 0.0737. The van der Waals surface area contributed by atoms with Crippen LogP contribution in [0.3, 0.4) is 0 Å². The maximum Gasteiger partial charge on any atom is 0.251 e. The molecule has 1 amide bonds. The monoisotopic (exact) mass is 452 g/mol. The summed E-state index contributed by atoms with van der Waals surface area (Å²) in [7, 11) is -3.81. The summed E-state index contributed by atoms with van der Waals surface area (Å²) >= 11 is 11.9. The molecule has 0 saturated carbocycles. The molecule has 1 aromatic heterocycles. The topological polar surface area (TPSA) is 88.4 Å². The van der Waals surface area contributed by atoms with Crippen molar-refractivity contribution in [1.82, 2.24) is 10.0 Å². The molecule has 152 valence electrons.